The first-order valence-corrected chi connectivity index (χ1v) is 7.83. The number of thioether (sulfide) groups is 1. The zero-order chi connectivity index (χ0) is 14.4. The number of nitrogens with zero attached hydrogens (tertiary/aromatic N) is 2. The minimum absolute atomic E-state index is 0.0484. The summed E-state index contributed by atoms with van der Waals surface area (Å²) in [5.74, 6) is 0.732. The molecule has 0 saturated carbocycles. The maximum Gasteiger partial charge on any atom is 0.141 e. The lowest BCUT2D eigenvalue weighted by Crippen LogP contribution is -2.36. The first kappa shape index (κ1) is 16.4. The van der Waals surface area contributed by atoms with Crippen molar-refractivity contribution in [3.8, 4) is 0 Å². The monoisotopic (exact) mass is 286 g/mol. The van der Waals surface area contributed by atoms with E-state index in [0.29, 0.717) is 11.7 Å². The fraction of sp³-hybridized carbons (Fsp3) is 0.643. The Morgan fingerprint density at radius 2 is 2.11 bits per heavy atom. The summed E-state index contributed by atoms with van der Waals surface area (Å²) < 4.78 is 12.8. The number of hydrogen-bond donors (Lipinski definition) is 1. The summed E-state index contributed by atoms with van der Waals surface area (Å²) in [4.78, 5) is 6.17. The number of hydrogen-bond acceptors (Lipinski definition) is 4. The normalized spacial score (nSPS) is 16.4. The Labute approximate surface area is 119 Å². The molecular formula is C14H23FN2OS. The van der Waals surface area contributed by atoms with E-state index >= 15 is 0 Å². The Hall–Kier alpha value is -0.650. The average molecular weight is 286 g/mol. The van der Waals surface area contributed by atoms with Crippen molar-refractivity contribution < 1.29 is 9.50 Å². The third-order valence-corrected chi connectivity index (χ3v) is 4.14. The van der Waals surface area contributed by atoms with E-state index in [1.165, 1.54) is 6.07 Å². The largest absolute Gasteiger partial charge is 0.386 e. The minimum atomic E-state index is -0.662. The van der Waals surface area contributed by atoms with Crippen molar-refractivity contribution in [2.75, 3.05) is 25.6 Å². The number of rotatable bonds is 7. The van der Waals surface area contributed by atoms with Crippen LogP contribution in [0.1, 0.15) is 25.6 Å². The molecule has 3 nitrogen and oxygen atoms in total. The molecule has 0 radical (unpaired) electrons. The van der Waals surface area contributed by atoms with Gasteiger partial charge in [0.15, 0.2) is 0 Å². The highest BCUT2D eigenvalue weighted by molar-refractivity contribution is 7.98. The highest BCUT2D eigenvalue weighted by Crippen LogP contribution is 2.21. The molecule has 0 spiro atoms. The zero-order valence-electron chi connectivity index (χ0n) is 12.0. The lowest BCUT2D eigenvalue weighted by molar-refractivity contribution is 0.0848. The molecule has 0 aliphatic carbocycles. The molecule has 1 aromatic rings. The van der Waals surface area contributed by atoms with E-state index in [0.717, 1.165) is 18.5 Å². The Morgan fingerprint density at radius 3 is 2.63 bits per heavy atom. The minimum Gasteiger partial charge on any atom is -0.386 e. The van der Waals surface area contributed by atoms with Crippen molar-refractivity contribution in [3.63, 3.8) is 0 Å². The van der Waals surface area contributed by atoms with Crippen LogP contribution in [-0.4, -0.2) is 46.6 Å². The smallest absolute Gasteiger partial charge is 0.141 e. The summed E-state index contributed by atoms with van der Waals surface area (Å²) in [6.45, 7) is 4.94. The molecule has 3 unspecified atom stereocenters. The topological polar surface area (TPSA) is 36.4 Å². The van der Waals surface area contributed by atoms with E-state index in [4.69, 9.17) is 0 Å². The molecule has 0 aliphatic rings. The SMILES string of the molecule is CSCC(C)N(C)CC(C)C(O)c1ccc(F)cn1. The third-order valence-electron chi connectivity index (χ3n) is 3.33. The lowest BCUT2D eigenvalue weighted by atomic mass is 10.0. The Bertz CT molecular complexity index is 374. The van der Waals surface area contributed by atoms with Crippen LogP contribution in [0.3, 0.4) is 0 Å². The van der Waals surface area contributed by atoms with Crippen molar-refractivity contribution in [2.45, 2.75) is 26.0 Å². The van der Waals surface area contributed by atoms with Gasteiger partial charge in [-0.1, -0.05) is 6.92 Å². The first-order valence-electron chi connectivity index (χ1n) is 6.44. The second-order valence-corrected chi connectivity index (χ2v) is 5.98. The van der Waals surface area contributed by atoms with Crippen LogP contribution in [0.4, 0.5) is 4.39 Å². The molecule has 108 valence electrons. The zero-order valence-corrected chi connectivity index (χ0v) is 12.8. The summed E-state index contributed by atoms with van der Waals surface area (Å²) in [7, 11) is 2.06. The number of halogens is 1. The van der Waals surface area contributed by atoms with Gasteiger partial charge in [0.05, 0.1) is 18.0 Å². The number of aromatic nitrogens is 1. The van der Waals surface area contributed by atoms with Gasteiger partial charge in [-0.15, -0.1) is 0 Å². The fourth-order valence-electron chi connectivity index (χ4n) is 1.96. The Kier molecular flexibility index (Phi) is 6.75. The first-order chi connectivity index (χ1) is 8.95. The fourth-order valence-corrected chi connectivity index (χ4v) is 2.69. The standard InChI is InChI=1S/C14H23FN2OS/c1-10(8-17(3)11(2)9-19-4)14(18)13-6-5-12(15)7-16-13/h5-7,10-11,14,18H,8-9H2,1-4H3. The highest BCUT2D eigenvalue weighted by Gasteiger charge is 2.21. The molecule has 19 heavy (non-hydrogen) atoms. The molecule has 5 heteroatoms. The van der Waals surface area contributed by atoms with Gasteiger partial charge >= 0.3 is 0 Å². The van der Waals surface area contributed by atoms with Gasteiger partial charge < -0.3 is 10.0 Å². The van der Waals surface area contributed by atoms with Crippen molar-refractivity contribution >= 4 is 11.8 Å². The molecule has 0 amide bonds. The molecule has 1 N–H and O–H groups in total. The number of aliphatic hydroxyl groups is 1. The van der Waals surface area contributed by atoms with E-state index in [2.05, 4.69) is 30.1 Å². The molecule has 0 fully saturated rings. The van der Waals surface area contributed by atoms with Crippen LogP contribution < -0.4 is 0 Å². The van der Waals surface area contributed by atoms with E-state index < -0.39 is 6.10 Å². The molecule has 1 heterocycles. The van der Waals surface area contributed by atoms with E-state index in [-0.39, 0.29) is 11.7 Å². The van der Waals surface area contributed by atoms with E-state index in [1.807, 2.05) is 18.7 Å². The molecule has 1 rings (SSSR count). The Morgan fingerprint density at radius 1 is 1.42 bits per heavy atom. The highest BCUT2D eigenvalue weighted by atomic mass is 32.2. The van der Waals surface area contributed by atoms with E-state index in [9.17, 15) is 9.50 Å². The van der Waals surface area contributed by atoms with Crippen LogP contribution in [0.2, 0.25) is 0 Å². The molecule has 3 atom stereocenters. The lowest BCUT2D eigenvalue weighted by Gasteiger charge is -2.29. The van der Waals surface area contributed by atoms with Crippen LogP contribution >= 0.6 is 11.8 Å². The second kappa shape index (κ2) is 7.82. The predicted octanol–water partition coefficient (Wildman–Crippen LogP) is 2.57. The molecule has 0 aliphatic heterocycles. The molecule has 1 aromatic heterocycles. The number of pyridine rings is 1. The van der Waals surface area contributed by atoms with Crippen molar-refractivity contribution in [1.29, 1.82) is 0 Å². The van der Waals surface area contributed by atoms with Crippen LogP contribution in [0.25, 0.3) is 0 Å². The summed E-state index contributed by atoms with van der Waals surface area (Å²) in [6.07, 6.45) is 2.57. The second-order valence-electron chi connectivity index (χ2n) is 5.07. The van der Waals surface area contributed by atoms with Crippen LogP contribution in [-0.2, 0) is 0 Å². The molecule has 0 saturated heterocycles. The molecule has 0 aromatic carbocycles. The van der Waals surface area contributed by atoms with Gasteiger partial charge in [0.1, 0.15) is 5.82 Å². The van der Waals surface area contributed by atoms with Gasteiger partial charge in [0.25, 0.3) is 0 Å². The number of aliphatic hydroxyl groups excluding tert-OH is 1. The molecular weight excluding hydrogens is 263 g/mol. The summed E-state index contributed by atoms with van der Waals surface area (Å²) in [5, 5.41) is 10.2. The van der Waals surface area contributed by atoms with Gasteiger partial charge in [-0.05, 0) is 32.4 Å². The van der Waals surface area contributed by atoms with Gasteiger partial charge in [-0.25, -0.2) is 4.39 Å². The van der Waals surface area contributed by atoms with Gasteiger partial charge in [0.2, 0.25) is 0 Å². The van der Waals surface area contributed by atoms with Crippen LogP contribution in [0.5, 0.6) is 0 Å². The maximum atomic E-state index is 12.8. The Balaban J connectivity index is 2.57. The quantitative estimate of drug-likeness (QED) is 0.836. The van der Waals surface area contributed by atoms with Crippen molar-refractivity contribution in [3.05, 3.63) is 29.8 Å². The van der Waals surface area contributed by atoms with Crippen molar-refractivity contribution in [1.82, 2.24) is 9.88 Å². The predicted molar refractivity (Wildman–Crippen MR) is 78.8 cm³/mol. The van der Waals surface area contributed by atoms with E-state index in [1.54, 1.807) is 6.07 Å². The van der Waals surface area contributed by atoms with Gasteiger partial charge in [-0.2, -0.15) is 11.8 Å². The summed E-state index contributed by atoms with van der Waals surface area (Å²) in [5.41, 5.74) is 0.528. The van der Waals surface area contributed by atoms with Crippen molar-refractivity contribution in [2.24, 2.45) is 5.92 Å². The van der Waals surface area contributed by atoms with Crippen LogP contribution in [0.15, 0.2) is 18.3 Å². The maximum absolute atomic E-state index is 12.8. The van der Waals surface area contributed by atoms with Gasteiger partial charge in [-0.3, -0.25) is 4.98 Å². The van der Waals surface area contributed by atoms with Gasteiger partial charge in [0, 0.05) is 24.3 Å². The summed E-state index contributed by atoms with van der Waals surface area (Å²) >= 11 is 1.81. The third kappa shape index (κ3) is 5.09. The summed E-state index contributed by atoms with van der Waals surface area (Å²) in [6, 6.07) is 3.34. The van der Waals surface area contributed by atoms with Crippen LogP contribution in [0, 0.1) is 11.7 Å². The average Bonchev–Trinajstić information content (AvgIpc) is 2.38. The molecule has 0 bridgehead atoms.